The third-order valence-electron chi connectivity index (χ3n) is 4.43. The molecule has 0 radical (unpaired) electrons. The van der Waals surface area contributed by atoms with E-state index in [2.05, 4.69) is 37.4 Å². The smallest absolute Gasteiger partial charge is 0.0447 e. The molecule has 0 aromatic heterocycles. The highest BCUT2D eigenvalue weighted by Crippen LogP contribution is 2.38. The maximum absolute atomic E-state index is 6.22. The van der Waals surface area contributed by atoms with Crippen LogP contribution in [0.4, 0.5) is 0 Å². The SMILES string of the molecule is CCCCN(CCCC)C1(CN)CCCSC1C. The van der Waals surface area contributed by atoms with Crippen molar-refractivity contribution in [1.29, 1.82) is 0 Å². The summed E-state index contributed by atoms with van der Waals surface area (Å²) in [6.45, 7) is 10.3. The van der Waals surface area contributed by atoms with Crippen LogP contribution in [-0.4, -0.2) is 41.1 Å². The van der Waals surface area contributed by atoms with Gasteiger partial charge in [0, 0.05) is 17.3 Å². The monoisotopic (exact) mass is 272 g/mol. The van der Waals surface area contributed by atoms with E-state index >= 15 is 0 Å². The number of hydrogen-bond donors (Lipinski definition) is 1. The van der Waals surface area contributed by atoms with Crippen LogP contribution in [0.15, 0.2) is 0 Å². The van der Waals surface area contributed by atoms with Crippen molar-refractivity contribution in [2.45, 2.75) is 70.1 Å². The third-order valence-corrected chi connectivity index (χ3v) is 5.89. The topological polar surface area (TPSA) is 29.3 Å². The number of rotatable bonds is 8. The van der Waals surface area contributed by atoms with Gasteiger partial charge in [-0.25, -0.2) is 0 Å². The van der Waals surface area contributed by atoms with Gasteiger partial charge in [-0.05, 0) is 44.5 Å². The van der Waals surface area contributed by atoms with E-state index < -0.39 is 0 Å². The summed E-state index contributed by atoms with van der Waals surface area (Å²) < 4.78 is 0. The van der Waals surface area contributed by atoms with Gasteiger partial charge in [-0.15, -0.1) is 0 Å². The van der Waals surface area contributed by atoms with Gasteiger partial charge in [0.15, 0.2) is 0 Å². The Morgan fingerprint density at radius 1 is 1.22 bits per heavy atom. The van der Waals surface area contributed by atoms with Gasteiger partial charge in [0.05, 0.1) is 0 Å². The zero-order chi connectivity index (χ0) is 13.4. The van der Waals surface area contributed by atoms with Crippen molar-refractivity contribution in [1.82, 2.24) is 4.90 Å². The Kier molecular flexibility index (Phi) is 7.66. The zero-order valence-corrected chi connectivity index (χ0v) is 13.4. The molecule has 1 aliphatic rings. The van der Waals surface area contributed by atoms with Gasteiger partial charge in [0.1, 0.15) is 0 Å². The molecule has 0 saturated carbocycles. The molecule has 108 valence electrons. The van der Waals surface area contributed by atoms with Crippen molar-refractivity contribution in [3.63, 3.8) is 0 Å². The van der Waals surface area contributed by atoms with Crippen LogP contribution >= 0.6 is 11.8 Å². The van der Waals surface area contributed by atoms with E-state index in [4.69, 9.17) is 5.73 Å². The maximum Gasteiger partial charge on any atom is 0.0447 e. The summed E-state index contributed by atoms with van der Waals surface area (Å²) in [5.74, 6) is 1.32. The van der Waals surface area contributed by atoms with Crippen molar-refractivity contribution in [3.05, 3.63) is 0 Å². The van der Waals surface area contributed by atoms with Crippen molar-refractivity contribution < 1.29 is 0 Å². The Hall–Kier alpha value is 0.270. The number of nitrogens with zero attached hydrogens (tertiary/aromatic N) is 1. The zero-order valence-electron chi connectivity index (χ0n) is 12.6. The van der Waals surface area contributed by atoms with Crippen LogP contribution in [0, 0.1) is 0 Å². The number of unbranched alkanes of at least 4 members (excludes halogenated alkanes) is 2. The highest BCUT2D eigenvalue weighted by Gasteiger charge is 2.41. The summed E-state index contributed by atoms with van der Waals surface area (Å²) in [5.41, 5.74) is 6.49. The number of thioether (sulfide) groups is 1. The van der Waals surface area contributed by atoms with E-state index in [1.807, 2.05) is 0 Å². The minimum atomic E-state index is 0.271. The van der Waals surface area contributed by atoms with Crippen LogP contribution in [0.3, 0.4) is 0 Å². The molecule has 1 saturated heterocycles. The molecular formula is C15H32N2S. The molecule has 2 nitrogen and oxygen atoms in total. The standard InChI is InChI=1S/C15H32N2S/c1-4-6-10-17(11-7-5-2)15(13-16)9-8-12-18-14(15)3/h14H,4-13,16H2,1-3H3. The lowest BCUT2D eigenvalue weighted by Crippen LogP contribution is -2.61. The predicted molar refractivity (Wildman–Crippen MR) is 84.3 cm³/mol. The second-order valence-corrected chi connectivity index (χ2v) is 7.07. The Morgan fingerprint density at radius 3 is 2.28 bits per heavy atom. The first kappa shape index (κ1) is 16.3. The summed E-state index contributed by atoms with van der Waals surface area (Å²) in [6.07, 6.45) is 7.81. The fraction of sp³-hybridized carbons (Fsp3) is 1.00. The molecule has 2 unspecified atom stereocenters. The fourth-order valence-electron chi connectivity index (χ4n) is 3.06. The Bertz CT molecular complexity index is 215. The van der Waals surface area contributed by atoms with Crippen molar-refractivity contribution in [2.24, 2.45) is 5.73 Å². The van der Waals surface area contributed by atoms with Crippen molar-refractivity contribution in [2.75, 3.05) is 25.4 Å². The van der Waals surface area contributed by atoms with Gasteiger partial charge in [-0.1, -0.05) is 33.6 Å². The molecule has 1 aliphatic heterocycles. The van der Waals surface area contributed by atoms with E-state index in [-0.39, 0.29) is 5.54 Å². The molecule has 18 heavy (non-hydrogen) atoms. The average Bonchev–Trinajstić information content (AvgIpc) is 2.40. The summed E-state index contributed by atoms with van der Waals surface area (Å²) in [6, 6.07) is 0. The van der Waals surface area contributed by atoms with Gasteiger partial charge in [-0.3, -0.25) is 4.90 Å². The van der Waals surface area contributed by atoms with E-state index in [1.165, 1.54) is 57.4 Å². The lowest BCUT2D eigenvalue weighted by Gasteiger charge is -2.50. The summed E-state index contributed by atoms with van der Waals surface area (Å²) >= 11 is 2.12. The molecule has 1 fully saturated rings. The molecule has 0 spiro atoms. The molecule has 0 aromatic rings. The molecule has 0 aromatic carbocycles. The van der Waals surface area contributed by atoms with Gasteiger partial charge in [0.2, 0.25) is 0 Å². The second kappa shape index (κ2) is 8.44. The molecule has 2 N–H and O–H groups in total. The highest BCUT2D eigenvalue weighted by molar-refractivity contribution is 8.00. The first-order valence-corrected chi connectivity index (χ1v) is 8.82. The van der Waals surface area contributed by atoms with Crippen LogP contribution in [-0.2, 0) is 0 Å². The molecule has 0 bridgehead atoms. The second-order valence-electron chi connectivity index (χ2n) is 5.62. The average molecular weight is 273 g/mol. The Balaban J connectivity index is 2.75. The third kappa shape index (κ3) is 3.88. The van der Waals surface area contributed by atoms with Crippen LogP contribution < -0.4 is 5.73 Å². The van der Waals surface area contributed by atoms with Gasteiger partial charge >= 0.3 is 0 Å². The first-order chi connectivity index (χ1) is 8.71. The van der Waals surface area contributed by atoms with E-state index in [0.717, 1.165) is 6.54 Å². The Labute approximate surface area is 118 Å². The van der Waals surface area contributed by atoms with Crippen LogP contribution in [0.5, 0.6) is 0 Å². The fourth-order valence-corrected chi connectivity index (χ4v) is 4.40. The first-order valence-electron chi connectivity index (χ1n) is 7.78. The van der Waals surface area contributed by atoms with E-state index in [9.17, 15) is 0 Å². The normalized spacial score (nSPS) is 28.8. The lowest BCUT2D eigenvalue weighted by atomic mass is 9.86. The van der Waals surface area contributed by atoms with Crippen LogP contribution in [0.1, 0.15) is 59.3 Å². The van der Waals surface area contributed by atoms with Gasteiger partial charge < -0.3 is 5.73 Å². The van der Waals surface area contributed by atoms with Gasteiger partial charge in [-0.2, -0.15) is 11.8 Å². The van der Waals surface area contributed by atoms with E-state index in [0.29, 0.717) is 5.25 Å². The van der Waals surface area contributed by atoms with Crippen LogP contribution in [0.2, 0.25) is 0 Å². The molecule has 1 rings (SSSR count). The highest BCUT2D eigenvalue weighted by atomic mass is 32.2. The predicted octanol–water partition coefficient (Wildman–Crippen LogP) is 3.50. The maximum atomic E-state index is 6.22. The number of nitrogens with two attached hydrogens (primary N) is 1. The van der Waals surface area contributed by atoms with Crippen molar-refractivity contribution in [3.8, 4) is 0 Å². The number of hydrogen-bond acceptors (Lipinski definition) is 3. The molecule has 2 atom stereocenters. The van der Waals surface area contributed by atoms with Gasteiger partial charge in [0.25, 0.3) is 0 Å². The molecule has 0 aliphatic carbocycles. The minimum absolute atomic E-state index is 0.271. The summed E-state index contributed by atoms with van der Waals surface area (Å²) in [7, 11) is 0. The van der Waals surface area contributed by atoms with Crippen LogP contribution in [0.25, 0.3) is 0 Å². The minimum Gasteiger partial charge on any atom is -0.329 e. The largest absolute Gasteiger partial charge is 0.329 e. The van der Waals surface area contributed by atoms with E-state index in [1.54, 1.807) is 0 Å². The lowest BCUT2D eigenvalue weighted by molar-refractivity contribution is 0.0783. The molecule has 0 amide bonds. The summed E-state index contributed by atoms with van der Waals surface area (Å²) in [5, 5.41) is 0.685. The molecule has 3 heteroatoms. The molecular weight excluding hydrogens is 240 g/mol. The molecule has 1 heterocycles. The summed E-state index contributed by atoms with van der Waals surface area (Å²) in [4.78, 5) is 2.73. The van der Waals surface area contributed by atoms with Crippen molar-refractivity contribution >= 4 is 11.8 Å². The quantitative estimate of drug-likeness (QED) is 0.733. The Morgan fingerprint density at radius 2 is 1.83 bits per heavy atom.